The molecule has 1 aliphatic carbocycles. The number of carbonyl (C=O) groups excluding carboxylic acids is 1. The van der Waals surface area contributed by atoms with Crippen LogP contribution in [0.15, 0.2) is 23.1 Å². The lowest BCUT2D eigenvalue weighted by Gasteiger charge is -2.21. The number of methoxy groups -OCH3 is 1. The Labute approximate surface area is 144 Å². The monoisotopic (exact) mass is 345 g/mol. The van der Waals surface area contributed by atoms with Gasteiger partial charge in [-0.05, 0) is 31.4 Å². The van der Waals surface area contributed by atoms with E-state index in [9.17, 15) is 14.0 Å². The number of rotatable bonds is 3. The number of pyridine rings is 1. The van der Waals surface area contributed by atoms with Crippen molar-refractivity contribution in [1.29, 1.82) is 0 Å². The zero-order chi connectivity index (χ0) is 17.7. The molecule has 2 heterocycles. The lowest BCUT2D eigenvalue weighted by molar-refractivity contribution is 0.0598. The molecule has 1 saturated carbocycles. The van der Waals surface area contributed by atoms with Crippen LogP contribution in [0.3, 0.4) is 0 Å². The maximum Gasteiger partial charge on any atom is 0.343 e. The van der Waals surface area contributed by atoms with Gasteiger partial charge in [-0.3, -0.25) is 4.79 Å². The molecular formula is C18H20FN3O3. The van der Waals surface area contributed by atoms with Crippen molar-refractivity contribution < 1.29 is 13.9 Å². The molecule has 0 amide bonds. The summed E-state index contributed by atoms with van der Waals surface area (Å²) in [5.41, 5.74) is 6.49. The van der Waals surface area contributed by atoms with Gasteiger partial charge < -0.3 is 19.9 Å². The Morgan fingerprint density at radius 1 is 1.32 bits per heavy atom. The van der Waals surface area contributed by atoms with Crippen LogP contribution >= 0.6 is 0 Å². The van der Waals surface area contributed by atoms with E-state index in [-0.39, 0.29) is 23.0 Å². The van der Waals surface area contributed by atoms with Gasteiger partial charge >= 0.3 is 5.97 Å². The summed E-state index contributed by atoms with van der Waals surface area (Å²) in [5, 5.41) is 0.208. The molecule has 1 saturated heterocycles. The highest BCUT2D eigenvalue weighted by Gasteiger charge is 2.29. The maximum atomic E-state index is 14.7. The van der Waals surface area contributed by atoms with Gasteiger partial charge in [-0.1, -0.05) is 0 Å². The summed E-state index contributed by atoms with van der Waals surface area (Å²) >= 11 is 0. The van der Waals surface area contributed by atoms with Crippen LogP contribution in [-0.2, 0) is 4.74 Å². The number of nitrogens with two attached hydrogens (primary N) is 1. The van der Waals surface area contributed by atoms with E-state index in [0.717, 1.165) is 19.3 Å². The smallest absolute Gasteiger partial charge is 0.343 e. The van der Waals surface area contributed by atoms with Crippen LogP contribution in [0.4, 0.5) is 10.1 Å². The Morgan fingerprint density at radius 3 is 2.68 bits per heavy atom. The van der Waals surface area contributed by atoms with Gasteiger partial charge in [0.15, 0.2) is 0 Å². The van der Waals surface area contributed by atoms with Crippen LogP contribution in [0.25, 0.3) is 10.9 Å². The average Bonchev–Trinajstić information content (AvgIpc) is 3.35. The number of esters is 1. The Kier molecular flexibility index (Phi) is 3.76. The largest absolute Gasteiger partial charge is 0.465 e. The molecule has 2 fully saturated rings. The first kappa shape index (κ1) is 16.1. The molecule has 6 nitrogen and oxygen atoms in total. The molecule has 2 aliphatic rings. The standard InChI is InChI=1S/C18H20FN3O3/c1-25-18(24)13-9-22(11-2-3-11)15-7-16(21-5-4-10(20)8-21)14(19)6-12(15)17(13)23/h6-7,9-11H,2-5,8,20H2,1H3/t10-/m0/s1. The number of nitrogens with zero attached hydrogens (tertiary/aromatic N) is 2. The van der Waals surface area contributed by atoms with E-state index >= 15 is 0 Å². The molecule has 2 aromatic rings. The van der Waals surface area contributed by atoms with Crippen molar-refractivity contribution >= 4 is 22.6 Å². The van der Waals surface area contributed by atoms with Crippen LogP contribution in [0, 0.1) is 5.82 Å². The summed E-state index contributed by atoms with van der Waals surface area (Å²) in [7, 11) is 1.23. The molecule has 1 aromatic heterocycles. The molecule has 2 N–H and O–H groups in total. The third-order valence-corrected chi connectivity index (χ3v) is 5.01. The second-order valence-electron chi connectivity index (χ2n) is 6.82. The fourth-order valence-electron chi connectivity index (χ4n) is 3.52. The Bertz CT molecular complexity index is 920. The average molecular weight is 345 g/mol. The molecule has 0 unspecified atom stereocenters. The van der Waals surface area contributed by atoms with Crippen molar-refractivity contribution in [2.75, 3.05) is 25.1 Å². The van der Waals surface area contributed by atoms with Gasteiger partial charge in [-0.25, -0.2) is 9.18 Å². The van der Waals surface area contributed by atoms with Crippen LogP contribution in [-0.4, -0.2) is 36.8 Å². The fraction of sp³-hybridized carbons (Fsp3) is 0.444. The summed E-state index contributed by atoms with van der Waals surface area (Å²) in [6, 6.07) is 3.21. The van der Waals surface area contributed by atoms with Gasteiger partial charge in [0.25, 0.3) is 0 Å². The molecular weight excluding hydrogens is 325 g/mol. The summed E-state index contributed by atoms with van der Waals surface area (Å²) < 4.78 is 21.3. The molecule has 25 heavy (non-hydrogen) atoms. The molecule has 1 aliphatic heterocycles. The SMILES string of the molecule is COC(=O)c1cn(C2CC2)c2cc(N3CC[C@H](N)C3)c(F)cc2c1=O. The van der Waals surface area contributed by atoms with Crippen molar-refractivity contribution in [3.63, 3.8) is 0 Å². The van der Waals surface area contributed by atoms with Crippen molar-refractivity contribution in [2.45, 2.75) is 31.3 Å². The molecule has 0 radical (unpaired) electrons. The van der Waals surface area contributed by atoms with Gasteiger partial charge in [0.1, 0.15) is 11.4 Å². The van der Waals surface area contributed by atoms with Gasteiger partial charge in [-0.15, -0.1) is 0 Å². The number of anilines is 1. The quantitative estimate of drug-likeness (QED) is 0.859. The Hall–Kier alpha value is -2.41. The molecule has 132 valence electrons. The lowest BCUT2D eigenvalue weighted by atomic mass is 10.1. The highest BCUT2D eigenvalue weighted by molar-refractivity contribution is 5.94. The minimum Gasteiger partial charge on any atom is -0.465 e. The van der Waals surface area contributed by atoms with E-state index in [2.05, 4.69) is 0 Å². The summed E-state index contributed by atoms with van der Waals surface area (Å²) in [6.45, 7) is 1.29. The predicted octanol–water partition coefficient (Wildman–Crippen LogP) is 1.80. The minimum atomic E-state index is -0.698. The zero-order valence-electron chi connectivity index (χ0n) is 14.0. The van der Waals surface area contributed by atoms with Crippen LogP contribution in [0.2, 0.25) is 0 Å². The first-order chi connectivity index (χ1) is 12.0. The second kappa shape index (κ2) is 5.84. The minimum absolute atomic E-state index is 0.0300. The third-order valence-electron chi connectivity index (χ3n) is 5.01. The van der Waals surface area contributed by atoms with Gasteiger partial charge in [0.05, 0.1) is 18.3 Å². The normalized spacial score (nSPS) is 20.3. The molecule has 1 atom stereocenters. The molecule has 4 rings (SSSR count). The van der Waals surface area contributed by atoms with Crippen molar-refractivity contribution in [3.8, 4) is 0 Å². The number of hydrogen-bond donors (Lipinski definition) is 1. The zero-order valence-corrected chi connectivity index (χ0v) is 14.0. The summed E-state index contributed by atoms with van der Waals surface area (Å²) in [4.78, 5) is 26.5. The third kappa shape index (κ3) is 2.68. The number of ether oxygens (including phenoxy) is 1. The molecule has 1 aromatic carbocycles. The van der Waals surface area contributed by atoms with Gasteiger partial charge in [0, 0.05) is 36.8 Å². The van der Waals surface area contributed by atoms with E-state index in [0.29, 0.717) is 24.3 Å². The number of aromatic nitrogens is 1. The maximum absolute atomic E-state index is 14.7. The van der Waals surface area contributed by atoms with E-state index in [1.807, 2.05) is 9.47 Å². The fourth-order valence-corrected chi connectivity index (χ4v) is 3.52. The summed E-state index contributed by atoms with van der Waals surface area (Å²) in [5.74, 6) is -1.17. The first-order valence-corrected chi connectivity index (χ1v) is 8.47. The number of halogens is 1. The predicted molar refractivity (Wildman–Crippen MR) is 92.6 cm³/mol. The Balaban J connectivity index is 1.94. The second-order valence-corrected chi connectivity index (χ2v) is 6.82. The highest BCUT2D eigenvalue weighted by Crippen LogP contribution is 2.38. The summed E-state index contributed by atoms with van der Waals surface area (Å²) in [6.07, 6.45) is 4.31. The molecule has 0 spiro atoms. The number of benzene rings is 1. The number of carbonyl (C=O) groups is 1. The van der Waals surface area contributed by atoms with Crippen molar-refractivity contribution in [1.82, 2.24) is 4.57 Å². The molecule has 7 heteroatoms. The van der Waals surface area contributed by atoms with E-state index in [4.69, 9.17) is 10.5 Å². The Morgan fingerprint density at radius 2 is 2.08 bits per heavy atom. The van der Waals surface area contributed by atoms with Gasteiger partial charge in [0.2, 0.25) is 5.43 Å². The number of fused-ring (bicyclic) bond motifs is 1. The van der Waals surface area contributed by atoms with E-state index in [1.54, 1.807) is 12.3 Å². The first-order valence-electron chi connectivity index (χ1n) is 8.47. The highest BCUT2D eigenvalue weighted by atomic mass is 19.1. The van der Waals surface area contributed by atoms with Crippen molar-refractivity contribution in [2.24, 2.45) is 5.73 Å². The van der Waals surface area contributed by atoms with Crippen LogP contribution < -0.4 is 16.1 Å². The van der Waals surface area contributed by atoms with E-state index in [1.165, 1.54) is 13.2 Å². The molecule has 0 bridgehead atoms. The van der Waals surface area contributed by atoms with Crippen molar-refractivity contribution in [3.05, 3.63) is 39.9 Å². The number of hydrogen-bond acceptors (Lipinski definition) is 5. The van der Waals surface area contributed by atoms with Crippen LogP contribution in [0.1, 0.15) is 35.7 Å². The van der Waals surface area contributed by atoms with Gasteiger partial charge in [-0.2, -0.15) is 0 Å². The lowest BCUT2D eigenvalue weighted by Crippen LogP contribution is -2.27. The topological polar surface area (TPSA) is 77.6 Å². The van der Waals surface area contributed by atoms with E-state index < -0.39 is 17.2 Å². The van der Waals surface area contributed by atoms with Crippen LogP contribution in [0.5, 0.6) is 0 Å².